The molecule has 1 aliphatic heterocycles. The second-order valence-corrected chi connectivity index (χ2v) is 9.69. The van der Waals surface area contributed by atoms with Gasteiger partial charge in [0.2, 0.25) is 0 Å². The fraction of sp³-hybridized carbons (Fsp3) is 1.00. The van der Waals surface area contributed by atoms with Crippen molar-refractivity contribution in [2.24, 2.45) is 0 Å². The zero-order valence-electron chi connectivity index (χ0n) is 18.9. The van der Waals surface area contributed by atoms with E-state index in [-0.39, 0.29) is 6.61 Å². The molecule has 180 valence electrons. The second kappa shape index (κ2) is 18.7. The van der Waals surface area contributed by atoms with Crippen molar-refractivity contribution in [2.75, 3.05) is 24.7 Å². The van der Waals surface area contributed by atoms with Crippen LogP contribution in [0.3, 0.4) is 0 Å². The van der Waals surface area contributed by atoms with Crippen LogP contribution in [0.4, 0.5) is 0 Å². The van der Waals surface area contributed by atoms with Gasteiger partial charge in [-0.2, -0.15) is 11.8 Å². The first-order valence-electron chi connectivity index (χ1n) is 12.1. The predicted molar refractivity (Wildman–Crippen MR) is 123 cm³/mol. The first-order chi connectivity index (χ1) is 14.6. The molecule has 0 amide bonds. The molecule has 0 radical (unpaired) electrons. The fourth-order valence-corrected chi connectivity index (χ4v) is 4.61. The third kappa shape index (κ3) is 12.8. The number of rotatable bonds is 19. The topological polar surface area (TPSA) is 99.4 Å². The van der Waals surface area contributed by atoms with E-state index in [9.17, 15) is 20.4 Å². The maximum Gasteiger partial charge on any atom is 0.184 e. The molecule has 0 saturated carbocycles. The van der Waals surface area contributed by atoms with Gasteiger partial charge in [0.25, 0.3) is 0 Å². The molecule has 1 saturated heterocycles. The average Bonchev–Trinajstić information content (AvgIpc) is 2.74. The number of unbranched alkanes of at least 4 members (excludes halogenated alkanes) is 11. The smallest absolute Gasteiger partial charge is 0.184 e. The maximum atomic E-state index is 9.84. The first-order valence-corrected chi connectivity index (χ1v) is 13.3. The SMILES string of the molecule is CCCCCCCCCCCCCCSCCCOC[C@H]1O[C@H](O)[C@H](O)[C@@H](O)[C@H]1O. The molecule has 1 aliphatic rings. The van der Waals surface area contributed by atoms with E-state index >= 15 is 0 Å². The van der Waals surface area contributed by atoms with Crippen LogP contribution in [-0.2, 0) is 9.47 Å². The zero-order valence-corrected chi connectivity index (χ0v) is 19.7. The van der Waals surface area contributed by atoms with Crippen LogP contribution in [0.5, 0.6) is 0 Å². The van der Waals surface area contributed by atoms with Crippen molar-refractivity contribution in [3.8, 4) is 0 Å². The predicted octanol–water partition coefficient (Wildman–Crippen LogP) is 3.63. The molecule has 5 atom stereocenters. The Bertz CT molecular complexity index is 387. The molecular formula is C23H46O6S. The Kier molecular flexibility index (Phi) is 17.5. The van der Waals surface area contributed by atoms with Gasteiger partial charge in [-0.05, 0) is 24.3 Å². The lowest BCUT2D eigenvalue weighted by molar-refractivity contribution is -0.288. The molecule has 0 unspecified atom stereocenters. The van der Waals surface area contributed by atoms with Crippen LogP contribution in [0.25, 0.3) is 0 Å². The molecule has 0 aromatic carbocycles. The molecule has 0 aliphatic carbocycles. The van der Waals surface area contributed by atoms with Crippen LogP contribution in [0.2, 0.25) is 0 Å². The first kappa shape index (κ1) is 28.1. The summed E-state index contributed by atoms with van der Waals surface area (Å²) < 4.78 is 10.6. The highest BCUT2D eigenvalue weighted by Gasteiger charge is 2.42. The highest BCUT2D eigenvalue weighted by atomic mass is 32.2. The molecule has 6 nitrogen and oxygen atoms in total. The highest BCUT2D eigenvalue weighted by molar-refractivity contribution is 7.99. The molecule has 1 rings (SSSR count). The van der Waals surface area contributed by atoms with Gasteiger partial charge < -0.3 is 29.9 Å². The summed E-state index contributed by atoms with van der Waals surface area (Å²) in [5.41, 5.74) is 0. The summed E-state index contributed by atoms with van der Waals surface area (Å²) in [5, 5.41) is 38.4. The molecule has 7 heteroatoms. The molecule has 0 aromatic heterocycles. The molecule has 1 heterocycles. The van der Waals surface area contributed by atoms with Gasteiger partial charge in [0.05, 0.1) is 6.61 Å². The highest BCUT2D eigenvalue weighted by Crippen LogP contribution is 2.20. The lowest BCUT2D eigenvalue weighted by atomic mass is 9.99. The van der Waals surface area contributed by atoms with E-state index in [0.29, 0.717) is 6.61 Å². The van der Waals surface area contributed by atoms with Crippen molar-refractivity contribution < 1.29 is 29.9 Å². The lowest BCUT2D eigenvalue weighted by Crippen LogP contribution is -2.58. The summed E-state index contributed by atoms with van der Waals surface area (Å²) in [7, 11) is 0. The number of ether oxygens (including phenoxy) is 2. The minimum absolute atomic E-state index is 0.0887. The Morgan fingerprint density at radius 2 is 1.20 bits per heavy atom. The number of aliphatic hydroxyl groups excluding tert-OH is 4. The van der Waals surface area contributed by atoms with Crippen LogP contribution in [-0.4, -0.2) is 75.9 Å². The van der Waals surface area contributed by atoms with E-state index in [1.165, 1.54) is 82.8 Å². The van der Waals surface area contributed by atoms with Crippen LogP contribution in [0.15, 0.2) is 0 Å². The van der Waals surface area contributed by atoms with Crippen LogP contribution < -0.4 is 0 Å². The second-order valence-electron chi connectivity index (χ2n) is 8.47. The monoisotopic (exact) mass is 450 g/mol. The van der Waals surface area contributed by atoms with Crippen LogP contribution in [0, 0.1) is 0 Å². The number of hydrogen-bond acceptors (Lipinski definition) is 7. The van der Waals surface area contributed by atoms with Crippen LogP contribution >= 0.6 is 11.8 Å². The lowest BCUT2D eigenvalue weighted by Gasteiger charge is -2.38. The molecule has 0 aromatic rings. The average molecular weight is 451 g/mol. The van der Waals surface area contributed by atoms with Gasteiger partial charge in [0.15, 0.2) is 6.29 Å². The Hall–Kier alpha value is 0.110. The van der Waals surface area contributed by atoms with Crippen molar-refractivity contribution >= 4 is 11.8 Å². The molecule has 1 fully saturated rings. The molecular weight excluding hydrogens is 404 g/mol. The van der Waals surface area contributed by atoms with Crippen molar-refractivity contribution in [3.05, 3.63) is 0 Å². The van der Waals surface area contributed by atoms with Crippen molar-refractivity contribution in [2.45, 2.75) is 121 Å². The fourth-order valence-electron chi connectivity index (χ4n) is 3.68. The van der Waals surface area contributed by atoms with Crippen molar-refractivity contribution in [3.63, 3.8) is 0 Å². The van der Waals surface area contributed by atoms with Gasteiger partial charge in [-0.25, -0.2) is 0 Å². The molecule has 0 spiro atoms. The quantitative estimate of drug-likeness (QED) is 0.223. The van der Waals surface area contributed by atoms with E-state index in [1.807, 2.05) is 11.8 Å². The van der Waals surface area contributed by atoms with Crippen LogP contribution in [0.1, 0.15) is 90.4 Å². The summed E-state index contributed by atoms with van der Waals surface area (Å²) >= 11 is 1.95. The van der Waals surface area contributed by atoms with Crippen molar-refractivity contribution in [1.82, 2.24) is 0 Å². The number of aliphatic hydroxyl groups is 4. The van der Waals surface area contributed by atoms with E-state index in [1.54, 1.807) is 0 Å². The number of thioether (sulfide) groups is 1. The summed E-state index contributed by atoms with van der Waals surface area (Å²) in [6.07, 6.45) is 10.9. The minimum atomic E-state index is -1.50. The third-order valence-corrected chi connectivity index (χ3v) is 6.84. The third-order valence-electron chi connectivity index (χ3n) is 5.69. The van der Waals surface area contributed by atoms with E-state index in [0.717, 1.165) is 12.2 Å². The van der Waals surface area contributed by atoms with E-state index in [2.05, 4.69) is 6.92 Å². The summed E-state index contributed by atoms with van der Waals surface area (Å²) in [4.78, 5) is 0. The Balaban J connectivity index is 1.80. The Morgan fingerprint density at radius 3 is 1.80 bits per heavy atom. The standard InChI is InChI=1S/C23H46O6S/c1-2-3-4-5-6-7-8-9-10-11-12-13-16-30-17-14-15-28-18-19-20(24)21(25)22(26)23(27)29-19/h19-27H,2-18H2,1H3/t19-,20+,21+,22-,23+/m1/s1. The Morgan fingerprint density at radius 1 is 0.667 bits per heavy atom. The minimum Gasteiger partial charge on any atom is -0.387 e. The van der Waals surface area contributed by atoms with Gasteiger partial charge in [-0.1, -0.05) is 77.6 Å². The number of hydrogen-bond donors (Lipinski definition) is 4. The maximum absolute atomic E-state index is 9.84. The molecule has 4 N–H and O–H groups in total. The van der Waals surface area contributed by atoms with Crippen molar-refractivity contribution in [1.29, 1.82) is 0 Å². The molecule has 30 heavy (non-hydrogen) atoms. The van der Waals surface area contributed by atoms with E-state index in [4.69, 9.17) is 9.47 Å². The molecule has 0 bridgehead atoms. The van der Waals surface area contributed by atoms with Gasteiger partial charge in [-0.15, -0.1) is 0 Å². The largest absolute Gasteiger partial charge is 0.387 e. The van der Waals surface area contributed by atoms with Gasteiger partial charge >= 0.3 is 0 Å². The summed E-state index contributed by atoms with van der Waals surface area (Å²) in [6.45, 7) is 2.90. The zero-order chi connectivity index (χ0) is 22.0. The van der Waals surface area contributed by atoms with Gasteiger partial charge in [0.1, 0.15) is 24.4 Å². The summed E-state index contributed by atoms with van der Waals surface area (Å²) in [6, 6.07) is 0. The normalized spacial score (nSPS) is 26.9. The Labute approximate surface area is 187 Å². The van der Waals surface area contributed by atoms with Gasteiger partial charge in [-0.3, -0.25) is 0 Å². The summed E-state index contributed by atoms with van der Waals surface area (Å²) in [5.74, 6) is 2.23. The van der Waals surface area contributed by atoms with E-state index < -0.39 is 30.7 Å². The van der Waals surface area contributed by atoms with Gasteiger partial charge in [0, 0.05) is 6.61 Å².